The first-order valence-electron chi connectivity index (χ1n) is 13.9. The molecule has 37 heavy (non-hydrogen) atoms. The summed E-state index contributed by atoms with van der Waals surface area (Å²) in [4.78, 5) is 9.40. The predicted molar refractivity (Wildman–Crippen MR) is 159 cm³/mol. The van der Waals surface area contributed by atoms with Gasteiger partial charge in [0.25, 0.3) is 0 Å². The van der Waals surface area contributed by atoms with Crippen LogP contribution in [0.4, 0.5) is 11.4 Å². The van der Waals surface area contributed by atoms with Crippen LogP contribution in [0.5, 0.6) is 0 Å². The highest BCUT2D eigenvalue weighted by molar-refractivity contribution is 6.04. The van der Waals surface area contributed by atoms with Crippen LogP contribution < -0.4 is 5.73 Å². The molecule has 0 aliphatic heterocycles. The number of nitrogens with two attached hydrogens (primary N) is 1. The molecule has 0 radical (unpaired) electrons. The van der Waals surface area contributed by atoms with Crippen molar-refractivity contribution >= 4 is 17.1 Å². The average molecular weight is 498 g/mol. The Morgan fingerprint density at radius 3 is 2.32 bits per heavy atom. The van der Waals surface area contributed by atoms with Gasteiger partial charge < -0.3 is 10.2 Å². The molecule has 1 aromatic heterocycles. The van der Waals surface area contributed by atoms with E-state index in [9.17, 15) is 0 Å². The first kappa shape index (κ1) is 28.2. The highest BCUT2D eigenvalue weighted by Crippen LogP contribution is 2.31. The Kier molecular flexibility index (Phi) is 10.9. The molecule has 0 bridgehead atoms. The van der Waals surface area contributed by atoms with Gasteiger partial charge in [-0.15, -0.1) is 0 Å². The minimum absolute atomic E-state index is 0.585. The lowest BCUT2D eigenvalue weighted by Crippen LogP contribution is -1.99. The summed E-state index contributed by atoms with van der Waals surface area (Å²) in [7, 11) is 0. The lowest BCUT2D eigenvalue weighted by atomic mass is 9.91. The molecule has 2 aromatic carbocycles. The second kappa shape index (κ2) is 14.4. The van der Waals surface area contributed by atoms with Gasteiger partial charge in [0, 0.05) is 22.5 Å². The number of oxazole rings is 1. The number of aryl methyl sites for hydroxylation is 1. The normalized spacial score (nSPS) is 15.4. The molecule has 0 atom stereocenters. The zero-order valence-corrected chi connectivity index (χ0v) is 23.3. The molecule has 4 heteroatoms. The van der Waals surface area contributed by atoms with Crippen LogP contribution in [0.25, 0.3) is 22.8 Å². The monoisotopic (exact) mass is 497 g/mol. The van der Waals surface area contributed by atoms with E-state index in [2.05, 4.69) is 50.0 Å². The first-order chi connectivity index (χ1) is 18.0. The second-order valence-electron chi connectivity index (χ2n) is 9.61. The van der Waals surface area contributed by atoms with E-state index in [4.69, 9.17) is 15.1 Å². The third-order valence-electron chi connectivity index (χ3n) is 6.75. The third kappa shape index (κ3) is 8.04. The summed E-state index contributed by atoms with van der Waals surface area (Å²) in [6.45, 7) is 10.6. The number of nitrogen functional groups attached to an aromatic ring is 1. The maximum absolute atomic E-state index is 6.00. The SMILES string of the molecule is CC.CC1CCCCC1.CCC(=Nc1cc(-c2ncc(-c3ccc(N)cc3)o2)ccc1C)C1=CCC=C1. The molecule has 0 amide bonds. The van der Waals surface area contributed by atoms with Crippen molar-refractivity contribution in [1.29, 1.82) is 0 Å². The standard InChI is InChI=1S/C24H23N3O.C7H14.C2H6/c1-3-21(17-6-4-5-7-17)27-22-14-19(9-8-16(22)2)24-26-15-23(28-24)18-10-12-20(25)13-11-18;1-7-5-3-2-4-6-7;1-2/h4,6-15H,3,5,25H2,1-2H3;7H,2-6H2,1H3;1-2H3. The number of anilines is 1. The number of hydrogen-bond donors (Lipinski definition) is 1. The maximum atomic E-state index is 6.00. The number of allylic oxidation sites excluding steroid dienone is 4. The topological polar surface area (TPSA) is 64.4 Å². The number of nitrogens with zero attached hydrogens (tertiary/aromatic N) is 2. The number of aliphatic imine (C=N–C) groups is 1. The van der Waals surface area contributed by atoms with E-state index >= 15 is 0 Å². The molecule has 1 heterocycles. The van der Waals surface area contributed by atoms with Gasteiger partial charge in [0.05, 0.1) is 11.9 Å². The van der Waals surface area contributed by atoms with Crippen molar-refractivity contribution in [2.75, 3.05) is 5.73 Å². The van der Waals surface area contributed by atoms with Gasteiger partial charge in [-0.05, 0) is 73.2 Å². The highest BCUT2D eigenvalue weighted by atomic mass is 16.4. The van der Waals surface area contributed by atoms with Gasteiger partial charge in [-0.3, -0.25) is 4.99 Å². The van der Waals surface area contributed by atoms with Crippen LogP contribution >= 0.6 is 0 Å². The van der Waals surface area contributed by atoms with Crippen molar-refractivity contribution in [3.05, 3.63) is 78.0 Å². The van der Waals surface area contributed by atoms with Gasteiger partial charge in [0.15, 0.2) is 5.76 Å². The highest BCUT2D eigenvalue weighted by Gasteiger charge is 2.12. The fourth-order valence-electron chi connectivity index (χ4n) is 4.52. The predicted octanol–water partition coefficient (Wildman–Crippen LogP) is 9.88. The zero-order chi connectivity index (χ0) is 26.6. The Labute approximate surface area is 223 Å². The van der Waals surface area contributed by atoms with Crippen molar-refractivity contribution in [2.45, 2.75) is 79.6 Å². The van der Waals surface area contributed by atoms with Crippen LogP contribution in [-0.4, -0.2) is 10.7 Å². The summed E-state index contributed by atoms with van der Waals surface area (Å²) in [6.07, 6.45) is 17.6. The molecule has 3 aromatic rings. The van der Waals surface area contributed by atoms with Crippen molar-refractivity contribution in [3.63, 3.8) is 0 Å². The zero-order valence-electron chi connectivity index (χ0n) is 23.3. The van der Waals surface area contributed by atoms with Crippen molar-refractivity contribution in [1.82, 2.24) is 4.98 Å². The molecule has 0 saturated heterocycles. The van der Waals surface area contributed by atoms with Gasteiger partial charge in [0.2, 0.25) is 5.89 Å². The summed E-state index contributed by atoms with van der Waals surface area (Å²) < 4.78 is 6.00. The molecule has 2 aliphatic rings. The van der Waals surface area contributed by atoms with E-state index in [1.807, 2.05) is 50.2 Å². The lowest BCUT2D eigenvalue weighted by molar-refractivity contribution is 0.385. The number of rotatable bonds is 5. The Morgan fingerprint density at radius 2 is 1.73 bits per heavy atom. The lowest BCUT2D eigenvalue weighted by Gasteiger charge is -2.15. The minimum atomic E-state index is 0.585. The van der Waals surface area contributed by atoms with Gasteiger partial charge in [-0.1, -0.05) is 84.1 Å². The van der Waals surface area contributed by atoms with Gasteiger partial charge in [0.1, 0.15) is 0 Å². The van der Waals surface area contributed by atoms with Crippen molar-refractivity contribution < 1.29 is 4.42 Å². The van der Waals surface area contributed by atoms with Crippen LogP contribution in [0, 0.1) is 12.8 Å². The summed E-state index contributed by atoms with van der Waals surface area (Å²) in [5.74, 6) is 2.34. The Hall–Kier alpha value is -3.40. The number of benzene rings is 2. The molecule has 5 rings (SSSR count). The Morgan fingerprint density at radius 1 is 1.03 bits per heavy atom. The fraction of sp³-hybridized carbons (Fsp3) is 0.394. The molecule has 2 aliphatic carbocycles. The second-order valence-corrected chi connectivity index (χ2v) is 9.61. The number of hydrogen-bond acceptors (Lipinski definition) is 4. The Balaban J connectivity index is 0.000000361. The molecule has 1 fully saturated rings. The summed E-state index contributed by atoms with van der Waals surface area (Å²) >= 11 is 0. The molecule has 0 spiro atoms. The molecule has 196 valence electrons. The molecule has 1 saturated carbocycles. The molecule has 0 unspecified atom stereocenters. The summed E-state index contributed by atoms with van der Waals surface area (Å²) in [5.41, 5.74) is 12.7. The third-order valence-corrected chi connectivity index (χ3v) is 6.75. The quantitative estimate of drug-likeness (QED) is 0.282. The van der Waals surface area contributed by atoms with E-state index in [1.54, 1.807) is 6.20 Å². The van der Waals surface area contributed by atoms with Gasteiger partial charge in [-0.2, -0.15) is 0 Å². The van der Waals surface area contributed by atoms with E-state index in [0.717, 1.165) is 58.3 Å². The minimum Gasteiger partial charge on any atom is -0.436 e. The van der Waals surface area contributed by atoms with Crippen molar-refractivity contribution in [2.24, 2.45) is 10.9 Å². The summed E-state index contributed by atoms with van der Waals surface area (Å²) in [5, 5.41) is 0. The van der Waals surface area contributed by atoms with E-state index < -0.39 is 0 Å². The van der Waals surface area contributed by atoms with E-state index in [1.165, 1.54) is 37.7 Å². The number of aromatic nitrogens is 1. The van der Waals surface area contributed by atoms with Crippen LogP contribution in [-0.2, 0) is 0 Å². The van der Waals surface area contributed by atoms with Gasteiger partial charge >= 0.3 is 0 Å². The molecular weight excluding hydrogens is 454 g/mol. The fourth-order valence-corrected chi connectivity index (χ4v) is 4.52. The maximum Gasteiger partial charge on any atom is 0.226 e. The summed E-state index contributed by atoms with van der Waals surface area (Å²) in [6, 6.07) is 13.7. The van der Waals surface area contributed by atoms with E-state index in [-0.39, 0.29) is 0 Å². The van der Waals surface area contributed by atoms with Crippen LogP contribution in [0.2, 0.25) is 0 Å². The smallest absolute Gasteiger partial charge is 0.226 e. The largest absolute Gasteiger partial charge is 0.436 e. The molecule has 2 N–H and O–H groups in total. The van der Waals surface area contributed by atoms with Crippen LogP contribution in [0.15, 0.2) is 81.9 Å². The Bertz CT molecular complexity index is 1210. The van der Waals surface area contributed by atoms with Crippen LogP contribution in [0.3, 0.4) is 0 Å². The molecule has 4 nitrogen and oxygen atoms in total. The van der Waals surface area contributed by atoms with E-state index in [0.29, 0.717) is 5.89 Å². The molecular formula is C33H43N3O. The average Bonchev–Trinajstić information content (AvgIpc) is 3.64. The van der Waals surface area contributed by atoms with Crippen LogP contribution in [0.1, 0.15) is 78.2 Å². The van der Waals surface area contributed by atoms with Gasteiger partial charge in [-0.25, -0.2) is 4.98 Å². The van der Waals surface area contributed by atoms with Crippen molar-refractivity contribution in [3.8, 4) is 22.8 Å². The first-order valence-corrected chi connectivity index (χ1v) is 13.9.